The minimum atomic E-state index is -1.25. The SMILES string of the molecule is CC(C)CC(NC(=O)C(C)N)C(=O)NC(CS)C(=O)NC(Cc1ccc(O)cc1)C(=O)O. The van der Waals surface area contributed by atoms with Crippen molar-refractivity contribution in [1.29, 1.82) is 0 Å². The van der Waals surface area contributed by atoms with Crippen LogP contribution in [0.4, 0.5) is 0 Å². The fourth-order valence-electron chi connectivity index (χ4n) is 2.81. The van der Waals surface area contributed by atoms with Crippen LogP contribution in [0.5, 0.6) is 5.75 Å². The van der Waals surface area contributed by atoms with Gasteiger partial charge in [0.2, 0.25) is 17.7 Å². The van der Waals surface area contributed by atoms with Gasteiger partial charge in [-0.1, -0.05) is 26.0 Å². The number of aliphatic carboxylic acids is 1. The van der Waals surface area contributed by atoms with Gasteiger partial charge in [0, 0.05) is 12.2 Å². The molecule has 0 spiro atoms. The molecule has 0 aliphatic carbocycles. The highest BCUT2D eigenvalue weighted by molar-refractivity contribution is 7.80. The number of thiol groups is 1. The van der Waals surface area contributed by atoms with Crippen LogP contribution in [-0.4, -0.2) is 63.8 Å². The van der Waals surface area contributed by atoms with E-state index in [-0.39, 0.29) is 23.8 Å². The number of rotatable bonds is 12. The van der Waals surface area contributed by atoms with Gasteiger partial charge in [0.05, 0.1) is 6.04 Å². The Balaban J connectivity index is 2.86. The van der Waals surface area contributed by atoms with E-state index in [1.54, 1.807) is 12.1 Å². The summed E-state index contributed by atoms with van der Waals surface area (Å²) >= 11 is 4.10. The number of carbonyl (C=O) groups excluding carboxylic acids is 3. The second-order valence-corrected chi connectivity index (χ2v) is 8.36. The monoisotopic (exact) mass is 468 g/mol. The van der Waals surface area contributed by atoms with E-state index >= 15 is 0 Å². The maximum atomic E-state index is 12.7. The zero-order valence-electron chi connectivity index (χ0n) is 18.4. The zero-order valence-corrected chi connectivity index (χ0v) is 19.3. The summed E-state index contributed by atoms with van der Waals surface area (Å²) in [4.78, 5) is 49.0. The Labute approximate surface area is 192 Å². The molecule has 0 heterocycles. The molecule has 178 valence electrons. The van der Waals surface area contributed by atoms with Crippen molar-refractivity contribution in [2.24, 2.45) is 11.7 Å². The van der Waals surface area contributed by atoms with E-state index in [9.17, 15) is 29.4 Å². The molecule has 0 fully saturated rings. The molecule has 11 heteroatoms. The van der Waals surface area contributed by atoms with Gasteiger partial charge in [-0.2, -0.15) is 12.6 Å². The maximum Gasteiger partial charge on any atom is 0.326 e. The molecule has 0 saturated heterocycles. The standard InChI is InChI=1S/C21H32N4O6S/c1-11(2)8-15(23-18(27)12(3)22)19(28)25-17(10-32)20(29)24-16(21(30)31)9-13-4-6-14(26)7-5-13/h4-7,11-12,15-17,26,32H,8-10,22H2,1-3H3,(H,23,27)(H,24,29)(H,25,28)(H,30,31). The summed E-state index contributed by atoms with van der Waals surface area (Å²) < 4.78 is 0. The number of nitrogens with one attached hydrogen (secondary N) is 3. The lowest BCUT2D eigenvalue weighted by molar-refractivity contribution is -0.142. The number of nitrogens with two attached hydrogens (primary N) is 1. The minimum absolute atomic E-state index is 0.0188. The molecule has 32 heavy (non-hydrogen) atoms. The third-order valence-corrected chi connectivity index (χ3v) is 4.93. The quantitative estimate of drug-likeness (QED) is 0.208. The molecule has 0 aliphatic heterocycles. The summed E-state index contributed by atoms with van der Waals surface area (Å²) in [7, 11) is 0. The van der Waals surface area contributed by atoms with Gasteiger partial charge < -0.3 is 31.9 Å². The lowest BCUT2D eigenvalue weighted by atomic mass is 10.0. The molecule has 0 aliphatic rings. The number of phenolic OH excluding ortho intramolecular Hbond substituents is 1. The van der Waals surface area contributed by atoms with E-state index in [0.29, 0.717) is 12.0 Å². The molecule has 10 nitrogen and oxygen atoms in total. The lowest BCUT2D eigenvalue weighted by Gasteiger charge is -2.25. The molecule has 7 N–H and O–H groups in total. The Morgan fingerprint density at radius 2 is 1.41 bits per heavy atom. The molecule has 1 aromatic rings. The largest absolute Gasteiger partial charge is 0.508 e. The Morgan fingerprint density at radius 1 is 0.906 bits per heavy atom. The molecule has 4 unspecified atom stereocenters. The Bertz CT molecular complexity index is 800. The molecule has 1 aromatic carbocycles. The summed E-state index contributed by atoms with van der Waals surface area (Å²) in [6.45, 7) is 5.24. The Kier molecular flexibility index (Phi) is 11.0. The number of hydrogen-bond acceptors (Lipinski definition) is 7. The van der Waals surface area contributed by atoms with Crippen molar-refractivity contribution in [2.75, 3.05) is 5.75 Å². The van der Waals surface area contributed by atoms with E-state index in [1.165, 1.54) is 19.1 Å². The van der Waals surface area contributed by atoms with Crippen LogP contribution < -0.4 is 21.7 Å². The van der Waals surface area contributed by atoms with E-state index < -0.39 is 47.9 Å². The smallest absolute Gasteiger partial charge is 0.326 e. The van der Waals surface area contributed by atoms with Crippen LogP contribution in [0.2, 0.25) is 0 Å². The second-order valence-electron chi connectivity index (χ2n) is 7.99. The predicted molar refractivity (Wildman–Crippen MR) is 122 cm³/mol. The van der Waals surface area contributed by atoms with Crippen LogP contribution in [-0.2, 0) is 25.6 Å². The minimum Gasteiger partial charge on any atom is -0.508 e. The van der Waals surface area contributed by atoms with Gasteiger partial charge in [-0.25, -0.2) is 4.79 Å². The van der Waals surface area contributed by atoms with Crippen LogP contribution in [0.25, 0.3) is 0 Å². The number of benzene rings is 1. The van der Waals surface area contributed by atoms with Crippen molar-refractivity contribution in [2.45, 2.75) is 57.8 Å². The summed E-state index contributed by atoms with van der Waals surface area (Å²) in [6.07, 6.45) is 0.304. The molecular formula is C21H32N4O6S. The highest BCUT2D eigenvalue weighted by Crippen LogP contribution is 2.12. The van der Waals surface area contributed by atoms with E-state index in [2.05, 4.69) is 28.6 Å². The topological polar surface area (TPSA) is 171 Å². The first-order chi connectivity index (χ1) is 14.9. The average molecular weight is 469 g/mol. The van der Waals surface area contributed by atoms with Crippen LogP contribution in [0.15, 0.2) is 24.3 Å². The first-order valence-corrected chi connectivity index (χ1v) is 10.9. The van der Waals surface area contributed by atoms with Gasteiger partial charge in [-0.05, 0) is 37.0 Å². The van der Waals surface area contributed by atoms with Gasteiger partial charge in [-0.15, -0.1) is 0 Å². The van der Waals surface area contributed by atoms with E-state index in [4.69, 9.17) is 5.73 Å². The fraction of sp³-hybridized carbons (Fsp3) is 0.524. The molecule has 4 atom stereocenters. The number of carboxylic acids is 1. The number of phenols is 1. The van der Waals surface area contributed by atoms with E-state index in [1.807, 2.05) is 13.8 Å². The van der Waals surface area contributed by atoms with Crippen LogP contribution in [0.3, 0.4) is 0 Å². The predicted octanol–water partition coefficient (Wildman–Crippen LogP) is -0.203. The maximum absolute atomic E-state index is 12.7. The van der Waals surface area contributed by atoms with Crippen LogP contribution >= 0.6 is 12.6 Å². The molecule has 0 aromatic heterocycles. The van der Waals surface area contributed by atoms with Gasteiger partial charge in [0.1, 0.15) is 23.9 Å². The zero-order chi connectivity index (χ0) is 24.4. The highest BCUT2D eigenvalue weighted by atomic mass is 32.1. The number of carbonyl (C=O) groups is 4. The second kappa shape index (κ2) is 12.9. The summed E-state index contributed by atoms with van der Waals surface area (Å²) in [6, 6.07) is 1.84. The highest BCUT2D eigenvalue weighted by Gasteiger charge is 2.29. The van der Waals surface area contributed by atoms with Crippen molar-refractivity contribution in [3.05, 3.63) is 29.8 Å². The molecule has 0 radical (unpaired) electrons. The van der Waals surface area contributed by atoms with Crippen molar-refractivity contribution in [3.63, 3.8) is 0 Å². The van der Waals surface area contributed by atoms with Crippen molar-refractivity contribution >= 4 is 36.3 Å². The van der Waals surface area contributed by atoms with Crippen LogP contribution in [0, 0.1) is 5.92 Å². The molecule has 1 rings (SSSR count). The summed E-state index contributed by atoms with van der Waals surface area (Å²) in [5.74, 6) is -3.04. The van der Waals surface area contributed by atoms with Gasteiger partial charge in [0.15, 0.2) is 0 Å². The molecule has 3 amide bonds. The summed E-state index contributed by atoms with van der Waals surface area (Å²) in [5, 5.41) is 26.3. The number of amides is 3. The first kappa shape index (κ1) is 27.2. The van der Waals surface area contributed by atoms with Gasteiger partial charge in [0.25, 0.3) is 0 Å². The molecule has 0 saturated carbocycles. The average Bonchev–Trinajstić information content (AvgIpc) is 2.71. The van der Waals surface area contributed by atoms with Crippen LogP contribution in [0.1, 0.15) is 32.8 Å². The third kappa shape index (κ3) is 9.15. The Morgan fingerprint density at radius 3 is 1.88 bits per heavy atom. The fourth-order valence-corrected chi connectivity index (χ4v) is 3.07. The van der Waals surface area contributed by atoms with Crippen molar-refractivity contribution < 1.29 is 29.4 Å². The number of aromatic hydroxyl groups is 1. The van der Waals surface area contributed by atoms with Crippen molar-refractivity contribution in [3.8, 4) is 5.75 Å². The van der Waals surface area contributed by atoms with E-state index in [0.717, 1.165) is 0 Å². The number of carboxylic acid groups (broad SMARTS) is 1. The lowest BCUT2D eigenvalue weighted by Crippen LogP contribution is -2.57. The third-order valence-electron chi connectivity index (χ3n) is 4.56. The Hall–Kier alpha value is -2.79. The number of hydrogen-bond donors (Lipinski definition) is 7. The normalized spacial score (nSPS) is 14.7. The first-order valence-electron chi connectivity index (χ1n) is 10.2. The van der Waals surface area contributed by atoms with Gasteiger partial charge >= 0.3 is 5.97 Å². The molecule has 0 bridgehead atoms. The molecular weight excluding hydrogens is 436 g/mol. The van der Waals surface area contributed by atoms with Crippen molar-refractivity contribution in [1.82, 2.24) is 16.0 Å². The van der Waals surface area contributed by atoms with Gasteiger partial charge in [-0.3, -0.25) is 14.4 Å². The summed E-state index contributed by atoms with van der Waals surface area (Å²) in [5.41, 5.74) is 6.15.